The SMILES string of the molecule is CC(C)(C)[Si](C)(C)O[C@H]1C[C@H](n2cc(I)c(=O)[nH]c2=O)O[C@@H]1CO. The minimum absolute atomic E-state index is 0.0370. The molecule has 1 aliphatic heterocycles. The number of aromatic amines is 1. The zero-order valence-corrected chi connectivity index (χ0v) is 17.8. The van der Waals surface area contributed by atoms with Gasteiger partial charge in [-0.15, -0.1) is 0 Å². The molecule has 1 aliphatic rings. The first-order chi connectivity index (χ1) is 11.0. The molecule has 2 rings (SSSR count). The van der Waals surface area contributed by atoms with E-state index in [4.69, 9.17) is 9.16 Å². The topological polar surface area (TPSA) is 93.6 Å². The third kappa shape index (κ3) is 4.01. The number of hydrogen-bond acceptors (Lipinski definition) is 5. The molecule has 0 radical (unpaired) electrons. The Balaban J connectivity index is 2.25. The van der Waals surface area contributed by atoms with Gasteiger partial charge in [0.15, 0.2) is 8.32 Å². The summed E-state index contributed by atoms with van der Waals surface area (Å²) >= 11 is 1.87. The Morgan fingerprint density at radius 3 is 2.62 bits per heavy atom. The van der Waals surface area contributed by atoms with E-state index in [1.165, 1.54) is 10.8 Å². The van der Waals surface area contributed by atoms with E-state index in [1.54, 1.807) is 0 Å². The molecule has 0 amide bonds. The Bertz CT molecular complexity index is 709. The van der Waals surface area contributed by atoms with Crippen molar-refractivity contribution in [1.29, 1.82) is 0 Å². The van der Waals surface area contributed by atoms with Crippen LogP contribution in [-0.4, -0.2) is 41.8 Å². The quantitative estimate of drug-likeness (QED) is 0.520. The normalized spacial score (nSPS) is 25.2. The maximum atomic E-state index is 12.1. The van der Waals surface area contributed by atoms with E-state index in [2.05, 4.69) is 38.8 Å². The van der Waals surface area contributed by atoms with Crippen LogP contribution in [-0.2, 0) is 9.16 Å². The van der Waals surface area contributed by atoms with Crippen molar-refractivity contribution in [3.8, 4) is 0 Å². The highest BCUT2D eigenvalue weighted by Gasteiger charge is 2.45. The number of rotatable bonds is 4. The Morgan fingerprint density at radius 2 is 2.08 bits per heavy atom. The number of nitrogens with one attached hydrogen (secondary N) is 1. The zero-order valence-electron chi connectivity index (χ0n) is 14.6. The van der Waals surface area contributed by atoms with Crippen LogP contribution in [0.4, 0.5) is 0 Å². The molecule has 1 aromatic heterocycles. The predicted molar refractivity (Wildman–Crippen MR) is 102 cm³/mol. The van der Waals surface area contributed by atoms with Crippen LogP contribution in [0, 0.1) is 3.57 Å². The third-order valence-corrected chi connectivity index (χ3v) is 10.1. The molecule has 0 spiro atoms. The molecular formula is C15H25IN2O5Si. The van der Waals surface area contributed by atoms with Gasteiger partial charge in [-0.05, 0) is 40.7 Å². The van der Waals surface area contributed by atoms with Crippen LogP contribution in [0.3, 0.4) is 0 Å². The number of aliphatic hydroxyl groups excluding tert-OH is 1. The highest BCUT2D eigenvalue weighted by atomic mass is 127. The average Bonchev–Trinajstić information content (AvgIpc) is 2.83. The summed E-state index contributed by atoms with van der Waals surface area (Å²) in [5.74, 6) is 0. The van der Waals surface area contributed by atoms with Crippen LogP contribution in [0.5, 0.6) is 0 Å². The molecule has 24 heavy (non-hydrogen) atoms. The molecule has 0 saturated carbocycles. The molecule has 136 valence electrons. The molecular weight excluding hydrogens is 443 g/mol. The average molecular weight is 468 g/mol. The molecule has 7 nitrogen and oxygen atoms in total. The first-order valence-corrected chi connectivity index (χ1v) is 11.9. The van der Waals surface area contributed by atoms with Crippen molar-refractivity contribution < 1.29 is 14.3 Å². The first-order valence-electron chi connectivity index (χ1n) is 7.91. The Hall–Kier alpha value is -0.493. The molecule has 1 aromatic rings. The van der Waals surface area contributed by atoms with Gasteiger partial charge in [0.25, 0.3) is 5.56 Å². The highest BCUT2D eigenvalue weighted by Crippen LogP contribution is 2.40. The fourth-order valence-corrected chi connectivity index (χ4v) is 4.18. The van der Waals surface area contributed by atoms with Crippen molar-refractivity contribution in [3.63, 3.8) is 0 Å². The Morgan fingerprint density at radius 1 is 1.46 bits per heavy atom. The summed E-state index contributed by atoms with van der Waals surface area (Å²) in [5.41, 5.74) is -0.933. The maximum absolute atomic E-state index is 12.1. The lowest BCUT2D eigenvalue weighted by molar-refractivity contribution is -0.0439. The van der Waals surface area contributed by atoms with Gasteiger partial charge >= 0.3 is 5.69 Å². The second-order valence-electron chi connectivity index (χ2n) is 7.61. The van der Waals surface area contributed by atoms with E-state index in [9.17, 15) is 14.7 Å². The van der Waals surface area contributed by atoms with Crippen LogP contribution in [0.1, 0.15) is 33.4 Å². The Kier molecular flexibility index (Phi) is 5.80. The van der Waals surface area contributed by atoms with E-state index in [-0.39, 0.29) is 17.7 Å². The van der Waals surface area contributed by atoms with Crippen LogP contribution in [0.15, 0.2) is 15.8 Å². The summed E-state index contributed by atoms with van der Waals surface area (Å²) < 4.78 is 14.0. The summed E-state index contributed by atoms with van der Waals surface area (Å²) in [6, 6.07) is 0. The van der Waals surface area contributed by atoms with Crippen molar-refractivity contribution in [2.45, 2.75) is 63.8 Å². The number of halogens is 1. The van der Waals surface area contributed by atoms with Crippen LogP contribution >= 0.6 is 22.6 Å². The van der Waals surface area contributed by atoms with E-state index >= 15 is 0 Å². The van der Waals surface area contributed by atoms with Crippen molar-refractivity contribution >= 4 is 30.9 Å². The van der Waals surface area contributed by atoms with Crippen molar-refractivity contribution in [2.75, 3.05) is 6.61 Å². The van der Waals surface area contributed by atoms with E-state index < -0.39 is 31.9 Å². The number of nitrogens with zero attached hydrogens (tertiary/aromatic N) is 1. The van der Waals surface area contributed by atoms with Gasteiger partial charge in [0.2, 0.25) is 0 Å². The molecule has 0 bridgehead atoms. The number of aromatic nitrogens is 2. The second-order valence-corrected chi connectivity index (χ2v) is 13.5. The van der Waals surface area contributed by atoms with Gasteiger partial charge in [-0.1, -0.05) is 20.8 Å². The molecule has 0 aromatic carbocycles. The lowest BCUT2D eigenvalue weighted by Crippen LogP contribution is -2.46. The lowest BCUT2D eigenvalue weighted by atomic mass is 10.2. The minimum atomic E-state index is -2.03. The molecule has 2 heterocycles. The van der Waals surface area contributed by atoms with Crippen molar-refractivity contribution in [2.24, 2.45) is 0 Å². The fraction of sp³-hybridized carbons (Fsp3) is 0.733. The third-order valence-electron chi connectivity index (χ3n) is 4.85. The summed E-state index contributed by atoms with van der Waals surface area (Å²) in [4.78, 5) is 25.8. The van der Waals surface area contributed by atoms with E-state index in [0.29, 0.717) is 9.99 Å². The van der Waals surface area contributed by atoms with E-state index in [1.807, 2.05) is 22.6 Å². The summed E-state index contributed by atoms with van der Waals surface area (Å²) in [7, 11) is -2.03. The van der Waals surface area contributed by atoms with Gasteiger partial charge in [-0.25, -0.2) is 4.79 Å². The second kappa shape index (κ2) is 7.02. The number of hydrogen-bond donors (Lipinski definition) is 2. The molecule has 1 fully saturated rings. The fourth-order valence-electron chi connectivity index (χ4n) is 2.39. The zero-order chi connectivity index (χ0) is 18.3. The van der Waals surface area contributed by atoms with Crippen molar-refractivity contribution in [3.05, 3.63) is 30.6 Å². The van der Waals surface area contributed by atoms with E-state index in [0.717, 1.165) is 0 Å². The summed E-state index contributed by atoms with van der Waals surface area (Å²) in [6.07, 6.45) is 0.614. The van der Waals surface area contributed by atoms with Gasteiger partial charge in [0.05, 0.1) is 16.3 Å². The minimum Gasteiger partial charge on any atom is -0.411 e. The molecule has 9 heteroatoms. The lowest BCUT2D eigenvalue weighted by Gasteiger charge is -2.39. The Labute approximate surface area is 155 Å². The van der Waals surface area contributed by atoms with Crippen molar-refractivity contribution in [1.82, 2.24) is 9.55 Å². The smallest absolute Gasteiger partial charge is 0.330 e. The number of ether oxygens (including phenoxy) is 1. The number of aliphatic hydroxyl groups is 1. The highest BCUT2D eigenvalue weighted by molar-refractivity contribution is 14.1. The maximum Gasteiger partial charge on any atom is 0.330 e. The summed E-state index contributed by atoms with van der Waals surface area (Å²) in [6.45, 7) is 10.6. The predicted octanol–water partition coefficient (Wildman–Crippen LogP) is 1.81. The molecule has 2 N–H and O–H groups in total. The first kappa shape index (κ1) is 19.8. The van der Waals surface area contributed by atoms with Gasteiger partial charge in [-0.3, -0.25) is 14.3 Å². The van der Waals surface area contributed by atoms with Crippen LogP contribution in [0.25, 0.3) is 0 Å². The molecule has 0 unspecified atom stereocenters. The monoisotopic (exact) mass is 468 g/mol. The largest absolute Gasteiger partial charge is 0.411 e. The van der Waals surface area contributed by atoms with Gasteiger partial charge < -0.3 is 14.3 Å². The standard InChI is InChI=1S/C15H25IN2O5Si/c1-15(2,3)24(4,5)23-10-6-12(22-11(10)8-19)18-7-9(16)13(20)17-14(18)21/h7,10-12,19H,6,8H2,1-5H3,(H,17,20,21)/t10-,11+,12+/m0/s1. The summed E-state index contributed by atoms with van der Waals surface area (Å²) in [5, 5.41) is 9.67. The van der Waals surface area contributed by atoms with Crippen LogP contribution in [0.2, 0.25) is 18.1 Å². The van der Waals surface area contributed by atoms with Crippen LogP contribution < -0.4 is 11.2 Å². The molecule has 0 aliphatic carbocycles. The molecule has 3 atom stereocenters. The van der Waals surface area contributed by atoms with Gasteiger partial charge in [-0.2, -0.15) is 0 Å². The molecule has 1 saturated heterocycles. The van der Waals surface area contributed by atoms with Gasteiger partial charge in [0, 0.05) is 12.6 Å². The number of H-pyrrole nitrogens is 1. The van der Waals surface area contributed by atoms with Gasteiger partial charge in [0.1, 0.15) is 12.3 Å².